The smallest absolute Gasteiger partial charge is 0.420 e. The van der Waals surface area contributed by atoms with Crippen LogP contribution in [0.15, 0.2) is 68.4 Å². The van der Waals surface area contributed by atoms with Crippen LogP contribution in [-0.4, -0.2) is 113 Å². The predicted molar refractivity (Wildman–Crippen MR) is 272 cm³/mol. The first-order chi connectivity index (χ1) is 33.2. The van der Waals surface area contributed by atoms with Crippen molar-refractivity contribution in [3.63, 3.8) is 0 Å². The summed E-state index contributed by atoms with van der Waals surface area (Å²) in [5.74, 6) is -0.864. The van der Waals surface area contributed by atoms with Crippen LogP contribution in [0.1, 0.15) is 69.3 Å². The monoisotopic (exact) mass is 1020 g/mol. The van der Waals surface area contributed by atoms with Gasteiger partial charge < -0.3 is 34.2 Å². The fourth-order valence-electron chi connectivity index (χ4n) is 10.1. The van der Waals surface area contributed by atoms with Gasteiger partial charge in [0.05, 0.1) is 28.0 Å². The quantitative estimate of drug-likeness (QED) is 0.0668. The molecule has 0 spiro atoms. The second kappa shape index (κ2) is 20.3. The second-order valence-corrected chi connectivity index (χ2v) is 22.4. The average Bonchev–Trinajstić information content (AvgIpc) is 3.69. The van der Waals surface area contributed by atoms with Gasteiger partial charge in [-0.1, -0.05) is 26.0 Å². The van der Waals surface area contributed by atoms with Crippen molar-refractivity contribution in [1.82, 2.24) is 34.6 Å². The summed E-state index contributed by atoms with van der Waals surface area (Å²) in [5, 5.41) is 10.7. The molecular weight excluding hydrogens is 966 g/mol. The van der Waals surface area contributed by atoms with Crippen LogP contribution in [0.3, 0.4) is 0 Å². The van der Waals surface area contributed by atoms with Crippen molar-refractivity contribution in [3.05, 3.63) is 92.4 Å². The predicted octanol–water partition coefficient (Wildman–Crippen LogP) is 7.90. The first-order valence-electron chi connectivity index (χ1n) is 23.9. The van der Waals surface area contributed by atoms with E-state index in [0.717, 1.165) is 97.1 Å². The molecular formula is C50H59BrFN10O6P. The third-order valence-electron chi connectivity index (χ3n) is 13.6. The van der Waals surface area contributed by atoms with Crippen molar-refractivity contribution in [2.24, 2.45) is 0 Å². The third-order valence-corrected chi connectivity index (χ3v) is 15.8. The maximum atomic E-state index is 15.2. The van der Waals surface area contributed by atoms with Gasteiger partial charge in [0.1, 0.15) is 30.3 Å². The first-order valence-corrected chi connectivity index (χ1v) is 27.3. The van der Waals surface area contributed by atoms with Gasteiger partial charge in [-0.05, 0) is 116 Å². The Hall–Kier alpha value is -5.68. The third kappa shape index (κ3) is 10.2. The highest BCUT2D eigenvalue weighted by atomic mass is 79.9. The van der Waals surface area contributed by atoms with Gasteiger partial charge in [0.15, 0.2) is 11.4 Å². The number of carbonyl (C=O) groups excluding carboxylic acids is 2. The number of aryl methyl sites for hydroxylation is 2. The topological polar surface area (TPSA) is 180 Å². The van der Waals surface area contributed by atoms with E-state index in [2.05, 4.69) is 77.5 Å². The molecule has 9 rings (SSSR count). The number of nitrogens with one attached hydrogen (secondary N) is 3. The lowest BCUT2D eigenvalue weighted by atomic mass is 9.99. The molecule has 3 aliphatic heterocycles. The number of rotatable bonds is 15. The molecule has 1 atom stereocenters. The SMILES string of the molecule is CCOc1cc(N2CCC(N3CCN(CCc4ccc(F)c5c4oc(=O)n5C4CCC(=O)NC4=O)CC3)CC2)c(CC)cc1Nc1ncc(Br)c(Nc2ccc3nc(CC)ccc3c2P(C)(C)=O)n1. The second-order valence-electron chi connectivity index (χ2n) is 18.4. The van der Waals surface area contributed by atoms with E-state index >= 15 is 4.39 Å². The number of pyridine rings is 1. The largest absolute Gasteiger partial charge is 0.492 e. The van der Waals surface area contributed by atoms with E-state index in [-0.39, 0.29) is 23.9 Å². The Morgan fingerprint density at radius 2 is 1.68 bits per heavy atom. The van der Waals surface area contributed by atoms with Crippen LogP contribution in [0.4, 0.5) is 33.2 Å². The van der Waals surface area contributed by atoms with Crippen LogP contribution < -0.4 is 36.6 Å². The summed E-state index contributed by atoms with van der Waals surface area (Å²) in [6.45, 7) is 16.4. The molecule has 0 bridgehead atoms. The molecule has 3 aromatic heterocycles. The van der Waals surface area contributed by atoms with Gasteiger partial charge in [0, 0.05) is 92.6 Å². The lowest BCUT2D eigenvalue weighted by molar-refractivity contribution is -0.135. The normalized spacial score (nSPS) is 17.7. The Kier molecular flexibility index (Phi) is 14.3. The molecule has 3 saturated heterocycles. The number of nitrogens with zero attached hydrogens (tertiary/aromatic N) is 7. The van der Waals surface area contributed by atoms with Gasteiger partial charge in [-0.15, -0.1) is 0 Å². The van der Waals surface area contributed by atoms with Gasteiger partial charge in [0.2, 0.25) is 17.8 Å². The first kappa shape index (κ1) is 48.3. The summed E-state index contributed by atoms with van der Waals surface area (Å²) in [7, 11) is -2.75. The summed E-state index contributed by atoms with van der Waals surface area (Å²) in [6, 6.07) is 14.6. The standard InChI is InChI=1S/C50H59BrFN10O6P/c1-6-30-27-39(56-49-53-29-35(51)47(58-49)55-38-14-13-37-34(46(38)69(4,5)66)11-10-32(7-2)54-37)42(67-8-3)28-41(30)61-21-18-33(19-22-61)60-25-23-59(24-26-60)20-17-31-9-12-36(52)44-45(31)68-50(65)62(44)40-15-16-43(63)57-48(40)64/h9-14,27-29,33,40H,6-8,15-26H2,1-5H3,(H,57,63,64)(H2,53,55,56,58). The van der Waals surface area contributed by atoms with E-state index in [0.29, 0.717) is 58.9 Å². The number of imide groups is 1. The van der Waals surface area contributed by atoms with Crippen LogP contribution in [-0.2, 0) is 33.4 Å². The number of amides is 2. The molecule has 3 aromatic carbocycles. The molecule has 69 heavy (non-hydrogen) atoms. The molecule has 19 heteroatoms. The van der Waals surface area contributed by atoms with Gasteiger partial charge in [0.25, 0.3) is 0 Å². The number of carbonyl (C=O) groups is 2. The number of fused-ring (bicyclic) bond motifs is 2. The zero-order valence-corrected chi connectivity index (χ0v) is 42.2. The number of ether oxygens (including phenoxy) is 1. The summed E-state index contributed by atoms with van der Waals surface area (Å²) < 4.78 is 42.5. The van der Waals surface area contributed by atoms with Crippen molar-refractivity contribution >= 4 is 91.0 Å². The lowest BCUT2D eigenvalue weighted by Gasteiger charge is -2.43. The molecule has 3 aliphatic rings. The number of piperidine rings is 2. The maximum Gasteiger partial charge on any atom is 0.420 e. The highest BCUT2D eigenvalue weighted by Crippen LogP contribution is 2.43. The van der Waals surface area contributed by atoms with Crippen LogP contribution in [0.5, 0.6) is 5.75 Å². The molecule has 16 nitrogen and oxygen atoms in total. The zero-order chi connectivity index (χ0) is 48.6. The van der Waals surface area contributed by atoms with E-state index in [1.54, 1.807) is 25.6 Å². The molecule has 364 valence electrons. The molecule has 1 unspecified atom stereocenters. The van der Waals surface area contributed by atoms with Crippen LogP contribution in [0.25, 0.3) is 22.0 Å². The van der Waals surface area contributed by atoms with Gasteiger partial charge in [-0.2, -0.15) is 4.98 Å². The molecule has 3 N–H and O–H groups in total. The van der Waals surface area contributed by atoms with Crippen LogP contribution in [0, 0.1) is 5.82 Å². The number of halogens is 2. The Labute approximate surface area is 408 Å². The van der Waals surface area contributed by atoms with Crippen molar-refractivity contribution in [2.45, 2.75) is 77.8 Å². The van der Waals surface area contributed by atoms with Crippen molar-refractivity contribution < 1.29 is 27.7 Å². The number of benzene rings is 3. The Morgan fingerprint density at radius 3 is 2.39 bits per heavy atom. The highest BCUT2D eigenvalue weighted by molar-refractivity contribution is 9.10. The molecule has 2 amide bonds. The van der Waals surface area contributed by atoms with E-state index in [1.165, 1.54) is 17.3 Å². The number of aromatic nitrogens is 4. The van der Waals surface area contributed by atoms with Crippen molar-refractivity contribution in [2.75, 3.05) is 81.3 Å². The molecule has 6 heterocycles. The molecule has 3 fully saturated rings. The summed E-state index contributed by atoms with van der Waals surface area (Å²) in [6.07, 6.45) is 6.13. The summed E-state index contributed by atoms with van der Waals surface area (Å²) in [4.78, 5) is 59.0. The number of piperazine rings is 1. The maximum absolute atomic E-state index is 15.2. The molecule has 0 saturated carbocycles. The van der Waals surface area contributed by atoms with Crippen LogP contribution >= 0.6 is 23.1 Å². The number of anilines is 5. The van der Waals surface area contributed by atoms with Gasteiger partial charge in [-0.3, -0.25) is 29.4 Å². The zero-order valence-electron chi connectivity index (χ0n) is 39.7. The summed E-state index contributed by atoms with van der Waals surface area (Å²) >= 11 is 3.63. The van der Waals surface area contributed by atoms with E-state index < -0.39 is 36.6 Å². The Balaban J connectivity index is 0.829. The number of hydrogen-bond donors (Lipinski definition) is 3. The average molecular weight is 1030 g/mol. The minimum absolute atomic E-state index is 0.0299. The summed E-state index contributed by atoms with van der Waals surface area (Å²) in [5.41, 5.74) is 6.45. The van der Waals surface area contributed by atoms with Crippen molar-refractivity contribution in [3.8, 4) is 5.75 Å². The van der Waals surface area contributed by atoms with E-state index in [9.17, 15) is 18.9 Å². The van der Waals surface area contributed by atoms with Gasteiger partial charge >= 0.3 is 5.76 Å². The molecule has 0 radical (unpaired) electrons. The number of oxazole rings is 1. The Morgan fingerprint density at radius 1 is 0.899 bits per heavy atom. The van der Waals surface area contributed by atoms with E-state index in [4.69, 9.17) is 19.1 Å². The lowest BCUT2D eigenvalue weighted by Crippen LogP contribution is -2.53. The van der Waals surface area contributed by atoms with E-state index in [1.807, 2.05) is 31.2 Å². The molecule has 6 aromatic rings. The fraction of sp³-hybridized carbons (Fsp3) is 0.440. The highest BCUT2D eigenvalue weighted by Gasteiger charge is 2.34. The van der Waals surface area contributed by atoms with Crippen LogP contribution in [0.2, 0.25) is 0 Å². The van der Waals surface area contributed by atoms with Crippen molar-refractivity contribution in [1.29, 1.82) is 0 Å². The minimum atomic E-state index is -2.75. The molecule has 0 aliphatic carbocycles. The minimum Gasteiger partial charge on any atom is -0.492 e. The number of hydrogen-bond acceptors (Lipinski definition) is 14. The Bertz CT molecular complexity index is 3030. The van der Waals surface area contributed by atoms with Gasteiger partial charge in [-0.25, -0.2) is 14.2 Å². The fourth-order valence-corrected chi connectivity index (χ4v) is 11.9.